The van der Waals surface area contributed by atoms with Gasteiger partial charge in [-0.2, -0.15) is 10.2 Å². The Morgan fingerprint density at radius 1 is 1.23 bits per heavy atom. The second-order valence-electron chi connectivity index (χ2n) is 6.44. The van der Waals surface area contributed by atoms with E-state index in [-0.39, 0.29) is 5.91 Å². The maximum absolute atomic E-state index is 12.6. The molecule has 136 valence electrons. The van der Waals surface area contributed by atoms with E-state index in [9.17, 15) is 4.79 Å². The number of rotatable bonds is 5. The molecule has 2 aromatic heterocycles. The van der Waals surface area contributed by atoms with E-state index in [1.54, 1.807) is 4.68 Å². The topological polar surface area (TPSA) is 64.7 Å². The van der Waals surface area contributed by atoms with Gasteiger partial charge in [-0.1, -0.05) is 23.7 Å². The van der Waals surface area contributed by atoms with E-state index in [0.29, 0.717) is 11.6 Å². The Bertz CT molecular complexity index is 943. The summed E-state index contributed by atoms with van der Waals surface area (Å²) >= 11 is 6.06. The number of halogens is 1. The molecule has 3 aromatic rings. The Kier molecular flexibility index (Phi) is 5.13. The van der Waals surface area contributed by atoms with Gasteiger partial charge in [0.25, 0.3) is 0 Å². The van der Waals surface area contributed by atoms with Crippen LogP contribution in [0, 0.1) is 20.8 Å². The summed E-state index contributed by atoms with van der Waals surface area (Å²) in [5.41, 5.74) is 4.36. The number of benzene rings is 1. The Labute approximate surface area is 157 Å². The lowest BCUT2D eigenvalue weighted by atomic mass is 10.2. The van der Waals surface area contributed by atoms with Crippen LogP contribution >= 0.6 is 11.6 Å². The van der Waals surface area contributed by atoms with Crippen LogP contribution in [0.1, 0.15) is 35.6 Å². The summed E-state index contributed by atoms with van der Waals surface area (Å²) in [5, 5.41) is 12.6. The van der Waals surface area contributed by atoms with Gasteiger partial charge in [0.2, 0.25) is 5.91 Å². The van der Waals surface area contributed by atoms with Crippen LogP contribution in [0.5, 0.6) is 0 Å². The van der Waals surface area contributed by atoms with Gasteiger partial charge >= 0.3 is 0 Å². The zero-order chi connectivity index (χ0) is 18.8. The Balaban J connectivity index is 1.78. The molecule has 0 aliphatic rings. The summed E-state index contributed by atoms with van der Waals surface area (Å²) in [6.45, 7) is 8.15. The van der Waals surface area contributed by atoms with Crippen molar-refractivity contribution < 1.29 is 4.79 Å². The van der Waals surface area contributed by atoms with Gasteiger partial charge in [-0.05, 0) is 51.5 Å². The lowest BCUT2D eigenvalue weighted by molar-refractivity contribution is -0.119. The van der Waals surface area contributed by atoms with E-state index in [0.717, 1.165) is 28.3 Å². The molecule has 0 radical (unpaired) electrons. The van der Waals surface area contributed by atoms with E-state index in [2.05, 4.69) is 15.5 Å². The molecular weight excluding hydrogens is 350 g/mol. The van der Waals surface area contributed by atoms with E-state index >= 15 is 0 Å². The average molecular weight is 372 g/mol. The Morgan fingerprint density at radius 2 is 2.00 bits per heavy atom. The van der Waals surface area contributed by atoms with Crippen LogP contribution in [0.15, 0.2) is 36.5 Å². The molecule has 3 rings (SSSR count). The van der Waals surface area contributed by atoms with Crippen LogP contribution in [0.25, 0.3) is 0 Å². The van der Waals surface area contributed by atoms with Crippen LogP contribution in [-0.4, -0.2) is 25.5 Å². The monoisotopic (exact) mass is 371 g/mol. The first kappa shape index (κ1) is 18.2. The fraction of sp³-hybridized carbons (Fsp3) is 0.316. The van der Waals surface area contributed by atoms with E-state index in [4.69, 9.17) is 11.6 Å². The lowest BCUT2D eigenvalue weighted by Gasteiger charge is -2.13. The normalized spacial score (nSPS) is 12.2. The van der Waals surface area contributed by atoms with Crippen LogP contribution in [0.3, 0.4) is 0 Å². The Morgan fingerprint density at radius 3 is 2.65 bits per heavy atom. The zero-order valence-electron chi connectivity index (χ0n) is 15.3. The number of nitrogens with zero attached hydrogens (tertiary/aromatic N) is 4. The van der Waals surface area contributed by atoms with Crippen molar-refractivity contribution >= 4 is 23.2 Å². The average Bonchev–Trinajstić information content (AvgIpc) is 3.13. The SMILES string of the molecule is Cc1ccn(C(C)C(=O)Nc2c(C)nn(Cc3cccc(Cl)c3)c2C)n1. The third-order valence-electron chi connectivity index (χ3n) is 4.37. The van der Waals surface area contributed by atoms with Gasteiger partial charge in [0.05, 0.1) is 29.3 Å². The van der Waals surface area contributed by atoms with Crippen molar-refractivity contribution in [3.05, 3.63) is 64.2 Å². The number of hydrogen-bond acceptors (Lipinski definition) is 3. The Hall–Kier alpha value is -2.60. The molecule has 0 bridgehead atoms. The molecule has 7 heteroatoms. The molecule has 6 nitrogen and oxygen atoms in total. The third kappa shape index (κ3) is 3.80. The van der Waals surface area contributed by atoms with E-state index in [1.807, 2.05) is 68.9 Å². The molecule has 0 aliphatic carbocycles. The van der Waals surface area contributed by atoms with Gasteiger partial charge in [-0.25, -0.2) is 0 Å². The minimum absolute atomic E-state index is 0.124. The van der Waals surface area contributed by atoms with Crippen molar-refractivity contribution in [3.63, 3.8) is 0 Å². The number of aryl methyl sites for hydroxylation is 2. The first-order valence-electron chi connectivity index (χ1n) is 8.46. The van der Waals surface area contributed by atoms with Gasteiger partial charge in [0.15, 0.2) is 0 Å². The van der Waals surface area contributed by atoms with Crippen molar-refractivity contribution in [3.8, 4) is 0 Å². The molecule has 1 aromatic carbocycles. The molecule has 1 amide bonds. The highest BCUT2D eigenvalue weighted by atomic mass is 35.5. The molecule has 0 spiro atoms. The van der Waals surface area contributed by atoms with Crippen molar-refractivity contribution in [1.29, 1.82) is 0 Å². The highest BCUT2D eigenvalue weighted by Gasteiger charge is 2.20. The molecular formula is C19H22ClN5O. The summed E-state index contributed by atoms with van der Waals surface area (Å²) < 4.78 is 3.53. The highest BCUT2D eigenvalue weighted by molar-refractivity contribution is 6.30. The smallest absolute Gasteiger partial charge is 0.249 e. The van der Waals surface area contributed by atoms with E-state index in [1.165, 1.54) is 0 Å². The summed E-state index contributed by atoms with van der Waals surface area (Å²) in [6.07, 6.45) is 1.81. The molecule has 0 fully saturated rings. The number of hydrogen-bond donors (Lipinski definition) is 1. The van der Waals surface area contributed by atoms with Gasteiger partial charge in [-0.3, -0.25) is 14.2 Å². The van der Waals surface area contributed by atoms with Crippen molar-refractivity contribution in [2.75, 3.05) is 5.32 Å². The van der Waals surface area contributed by atoms with Crippen molar-refractivity contribution in [1.82, 2.24) is 19.6 Å². The number of nitrogens with one attached hydrogen (secondary N) is 1. The van der Waals surface area contributed by atoms with Gasteiger partial charge in [0, 0.05) is 11.2 Å². The molecule has 1 atom stereocenters. The second kappa shape index (κ2) is 7.33. The fourth-order valence-electron chi connectivity index (χ4n) is 2.84. The maximum atomic E-state index is 12.6. The third-order valence-corrected chi connectivity index (χ3v) is 4.60. The quantitative estimate of drug-likeness (QED) is 0.739. The standard InChI is InChI=1S/C19H22ClN5O/c1-12-8-9-24(22-12)15(4)19(26)21-18-13(2)23-25(14(18)3)11-16-6-5-7-17(20)10-16/h5-10,15H,11H2,1-4H3,(H,21,26). The molecule has 0 aliphatic heterocycles. The van der Waals surface area contributed by atoms with Crippen LogP contribution < -0.4 is 5.32 Å². The maximum Gasteiger partial charge on any atom is 0.249 e. The summed E-state index contributed by atoms with van der Waals surface area (Å²) in [5.74, 6) is -0.124. The minimum atomic E-state index is -0.404. The number of aromatic nitrogens is 4. The second-order valence-corrected chi connectivity index (χ2v) is 6.87. The minimum Gasteiger partial charge on any atom is -0.321 e. The number of anilines is 1. The molecule has 2 heterocycles. The number of carbonyl (C=O) groups is 1. The molecule has 0 saturated carbocycles. The van der Waals surface area contributed by atoms with Gasteiger partial charge < -0.3 is 5.32 Å². The first-order chi connectivity index (χ1) is 12.3. The van der Waals surface area contributed by atoms with Crippen molar-refractivity contribution in [2.45, 2.75) is 40.3 Å². The van der Waals surface area contributed by atoms with Crippen LogP contribution in [0.2, 0.25) is 5.02 Å². The highest BCUT2D eigenvalue weighted by Crippen LogP contribution is 2.22. The summed E-state index contributed by atoms with van der Waals surface area (Å²) in [7, 11) is 0. The summed E-state index contributed by atoms with van der Waals surface area (Å²) in [6, 6.07) is 9.15. The largest absolute Gasteiger partial charge is 0.321 e. The summed E-state index contributed by atoms with van der Waals surface area (Å²) in [4.78, 5) is 12.6. The first-order valence-corrected chi connectivity index (χ1v) is 8.84. The predicted molar refractivity (Wildman–Crippen MR) is 103 cm³/mol. The van der Waals surface area contributed by atoms with E-state index < -0.39 is 6.04 Å². The van der Waals surface area contributed by atoms with Gasteiger partial charge in [0.1, 0.15) is 6.04 Å². The van der Waals surface area contributed by atoms with Crippen molar-refractivity contribution in [2.24, 2.45) is 0 Å². The fourth-order valence-corrected chi connectivity index (χ4v) is 3.05. The molecule has 1 N–H and O–H groups in total. The van der Waals surface area contributed by atoms with Crippen LogP contribution in [0.4, 0.5) is 5.69 Å². The lowest BCUT2D eigenvalue weighted by Crippen LogP contribution is -2.24. The van der Waals surface area contributed by atoms with Gasteiger partial charge in [-0.15, -0.1) is 0 Å². The number of carbonyl (C=O) groups excluding carboxylic acids is 1. The van der Waals surface area contributed by atoms with Crippen LogP contribution in [-0.2, 0) is 11.3 Å². The molecule has 26 heavy (non-hydrogen) atoms. The molecule has 0 saturated heterocycles. The zero-order valence-corrected chi connectivity index (χ0v) is 16.1. The predicted octanol–water partition coefficient (Wildman–Crippen LogP) is 3.91. The number of amides is 1. The molecule has 1 unspecified atom stereocenters.